The van der Waals surface area contributed by atoms with E-state index in [1.807, 2.05) is 6.07 Å². The van der Waals surface area contributed by atoms with Gasteiger partial charge in [-0.1, -0.05) is 12.8 Å². The highest BCUT2D eigenvalue weighted by Gasteiger charge is 2.19. The van der Waals surface area contributed by atoms with Gasteiger partial charge in [0.25, 0.3) is 0 Å². The number of rotatable bonds is 5. The Balaban J connectivity index is 1.71. The van der Waals surface area contributed by atoms with E-state index in [-0.39, 0.29) is 5.56 Å². The normalized spacial score (nSPS) is 16.1. The van der Waals surface area contributed by atoms with Gasteiger partial charge in [-0.15, -0.1) is 0 Å². The van der Waals surface area contributed by atoms with Gasteiger partial charge in [0, 0.05) is 19.1 Å². The monoisotopic (exact) mass is 287 g/mol. The fraction of sp³-hybridized carbons (Fsp3) is 0.500. The van der Waals surface area contributed by atoms with Crippen LogP contribution in [0.2, 0.25) is 0 Å². The molecule has 0 bridgehead atoms. The van der Waals surface area contributed by atoms with E-state index in [1.54, 1.807) is 18.5 Å². The zero-order valence-electron chi connectivity index (χ0n) is 12.3. The number of aromatic nitrogens is 2. The molecule has 1 aliphatic carbocycles. The summed E-state index contributed by atoms with van der Waals surface area (Å²) in [6, 6.07) is 5.85. The Kier molecular flexibility index (Phi) is 3.92. The van der Waals surface area contributed by atoms with Crippen LogP contribution in [0.1, 0.15) is 36.0 Å². The Morgan fingerprint density at radius 2 is 2.19 bits per heavy atom. The number of likely N-dealkylation sites (N-methyl/N-ethyl adjacent to an activating group) is 1. The molecule has 0 radical (unpaired) electrons. The Morgan fingerprint density at radius 3 is 2.90 bits per heavy atom. The van der Waals surface area contributed by atoms with Gasteiger partial charge in [0.1, 0.15) is 0 Å². The van der Waals surface area contributed by atoms with Gasteiger partial charge in [-0.2, -0.15) is 0 Å². The molecule has 2 aromatic rings. The van der Waals surface area contributed by atoms with Crippen LogP contribution in [0.4, 0.5) is 0 Å². The summed E-state index contributed by atoms with van der Waals surface area (Å²) < 4.78 is 2.10. The highest BCUT2D eigenvalue weighted by Crippen LogP contribution is 2.22. The van der Waals surface area contributed by atoms with Gasteiger partial charge in [0.2, 0.25) is 0 Å². The summed E-state index contributed by atoms with van der Waals surface area (Å²) in [5, 5.41) is 9.01. The van der Waals surface area contributed by atoms with Crippen molar-refractivity contribution in [3.63, 3.8) is 0 Å². The third-order valence-corrected chi connectivity index (χ3v) is 4.51. The molecule has 0 aliphatic heterocycles. The van der Waals surface area contributed by atoms with Gasteiger partial charge in [0.15, 0.2) is 0 Å². The maximum Gasteiger partial charge on any atom is 0.335 e. The number of fused-ring (bicyclic) bond motifs is 1. The van der Waals surface area contributed by atoms with Gasteiger partial charge in [-0.3, -0.25) is 0 Å². The Bertz CT molecular complexity index is 644. The minimum atomic E-state index is -0.910. The molecule has 0 unspecified atom stereocenters. The average Bonchev–Trinajstić information content (AvgIpc) is 3.13. The number of carbonyl (C=O) groups is 1. The standard InChI is InChI=1S/C16H21N3O2/c1-18(13-4-2-3-5-13)8-9-19-11-17-14-10-12(16(20)21)6-7-15(14)19/h6-7,10-11,13H,2-5,8-9H2,1H3,(H,20,21). The number of aromatic carboxylic acids is 1. The maximum atomic E-state index is 11.0. The van der Waals surface area contributed by atoms with E-state index in [0.717, 1.165) is 30.2 Å². The summed E-state index contributed by atoms with van der Waals surface area (Å²) in [5.74, 6) is -0.910. The van der Waals surface area contributed by atoms with Gasteiger partial charge in [0.05, 0.1) is 22.9 Å². The number of imidazole rings is 1. The molecular weight excluding hydrogens is 266 g/mol. The van der Waals surface area contributed by atoms with E-state index in [4.69, 9.17) is 5.11 Å². The first kappa shape index (κ1) is 14.1. The zero-order valence-corrected chi connectivity index (χ0v) is 12.3. The van der Waals surface area contributed by atoms with Gasteiger partial charge < -0.3 is 14.6 Å². The minimum absolute atomic E-state index is 0.288. The molecule has 1 aliphatic rings. The van der Waals surface area contributed by atoms with Gasteiger partial charge in [-0.25, -0.2) is 9.78 Å². The quantitative estimate of drug-likeness (QED) is 0.918. The van der Waals surface area contributed by atoms with Gasteiger partial charge >= 0.3 is 5.97 Å². The van der Waals surface area contributed by atoms with E-state index < -0.39 is 5.97 Å². The summed E-state index contributed by atoms with van der Waals surface area (Å²) in [6.45, 7) is 1.88. The van der Waals surface area contributed by atoms with Crippen LogP contribution in [-0.4, -0.2) is 45.2 Å². The van der Waals surface area contributed by atoms with Crippen LogP contribution in [0, 0.1) is 0 Å². The second-order valence-electron chi connectivity index (χ2n) is 5.87. The smallest absolute Gasteiger partial charge is 0.335 e. The summed E-state index contributed by atoms with van der Waals surface area (Å²) in [5.41, 5.74) is 2.04. The van der Waals surface area contributed by atoms with Gasteiger partial charge in [-0.05, 0) is 38.1 Å². The molecule has 1 aromatic carbocycles. The molecule has 0 atom stereocenters. The molecule has 112 valence electrons. The summed E-state index contributed by atoms with van der Waals surface area (Å²) in [6.07, 6.45) is 7.12. The highest BCUT2D eigenvalue weighted by atomic mass is 16.4. The topological polar surface area (TPSA) is 58.4 Å². The first-order chi connectivity index (χ1) is 10.1. The van der Waals surface area contributed by atoms with Crippen molar-refractivity contribution in [2.45, 2.75) is 38.3 Å². The van der Waals surface area contributed by atoms with Crippen molar-refractivity contribution >= 4 is 17.0 Å². The fourth-order valence-corrected chi connectivity index (χ4v) is 3.17. The van der Waals surface area contributed by atoms with Crippen molar-refractivity contribution in [1.29, 1.82) is 0 Å². The van der Waals surface area contributed by atoms with Crippen molar-refractivity contribution in [3.8, 4) is 0 Å². The molecule has 1 aromatic heterocycles. The molecule has 1 heterocycles. The predicted octanol–water partition coefficient (Wildman–Crippen LogP) is 2.61. The van der Waals surface area contributed by atoms with Crippen LogP contribution in [0.15, 0.2) is 24.5 Å². The third kappa shape index (κ3) is 2.93. The molecule has 5 nitrogen and oxygen atoms in total. The Morgan fingerprint density at radius 1 is 1.43 bits per heavy atom. The molecule has 1 saturated carbocycles. The molecule has 5 heteroatoms. The van der Waals surface area contributed by atoms with Crippen LogP contribution >= 0.6 is 0 Å². The van der Waals surface area contributed by atoms with E-state index in [9.17, 15) is 4.79 Å². The SMILES string of the molecule is CN(CCn1cnc2cc(C(=O)O)ccc21)C1CCCC1. The van der Waals surface area contributed by atoms with E-state index in [1.165, 1.54) is 25.7 Å². The van der Waals surface area contributed by atoms with Crippen molar-refractivity contribution in [2.75, 3.05) is 13.6 Å². The van der Waals surface area contributed by atoms with Crippen molar-refractivity contribution in [3.05, 3.63) is 30.1 Å². The van der Waals surface area contributed by atoms with Crippen LogP contribution in [-0.2, 0) is 6.54 Å². The molecule has 1 fully saturated rings. The molecule has 0 saturated heterocycles. The van der Waals surface area contributed by atoms with Crippen LogP contribution in [0.3, 0.4) is 0 Å². The minimum Gasteiger partial charge on any atom is -0.478 e. The summed E-state index contributed by atoms with van der Waals surface area (Å²) >= 11 is 0. The molecule has 1 N–H and O–H groups in total. The third-order valence-electron chi connectivity index (χ3n) is 4.51. The number of hydrogen-bond acceptors (Lipinski definition) is 3. The molecule has 0 spiro atoms. The van der Waals surface area contributed by atoms with Crippen molar-refractivity contribution in [1.82, 2.24) is 14.5 Å². The molecule has 21 heavy (non-hydrogen) atoms. The lowest BCUT2D eigenvalue weighted by Crippen LogP contribution is -2.32. The lowest BCUT2D eigenvalue weighted by atomic mass is 10.2. The number of nitrogens with zero attached hydrogens (tertiary/aromatic N) is 3. The van der Waals surface area contributed by atoms with E-state index in [2.05, 4.69) is 21.5 Å². The lowest BCUT2D eigenvalue weighted by Gasteiger charge is -2.24. The van der Waals surface area contributed by atoms with Crippen LogP contribution in [0.25, 0.3) is 11.0 Å². The number of benzene rings is 1. The fourth-order valence-electron chi connectivity index (χ4n) is 3.17. The second-order valence-corrected chi connectivity index (χ2v) is 5.87. The largest absolute Gasteiger partial charge is 0.478 e. The lowest BCUT2D eigenvalue weighted by molar-refractivity contribution is 0.0697. The first-order valence-corrected chi connectivity index (χ1v) is 7.53. The predicted molar refractivity (Wildman–Crippen MR) is 81.6 cm³/mol. The Labute approximate surface area is 124 Å². The molecule has 3 rings (SSSR count). The van der Waals surface area contributed by atoms with Crippen LogP contribution in [0.5, 0.6) is 0 Å². The van der Waals surface area contributed by atoms with E-state index >= 15 is 0 Å². The van der Waals surface area contributed by atoms with E-state index in [0.29, 0.717) is 0 Å². The number of carboxylic acid groups (broad SMARTS) is 1. The first-order valence-electron chi connectivity index (χ1n) is 7.53. The average molecular weight is 287 g/mol. The number of carboxylic acids is 1. The summed E-state index contributed by atoms with van der Waals surface area (Å²) in [7, 11) is 2.19. The summed E-state index contributed by atoms with van der Waals surface area (Å²) in [4.78, 5) is 17.7. The van der Waals surface area contributed by atoms with Crippen molar-refractivity contribution < 1.29 is 9.90 Å². The second kappa shape index (κ2) is 5.85. The zero-order chi connectivity index (χ0) is 14.8. The molecule has 0 amide bonds. The number of hydrogen-bond donors (Lipinski definition) is 1. The van der Waals surface area contributed by atoms with Crippen LogP contribution < -0.4 is 0 Å². The Hall–Kier alpha value is -1.88. The maximum absolute atomic E-state index is 11.0. The van der Waals surface area contributed by atoms with Crippen molar-refractivity contribution in [2.24, 2.45) is 0 Å². The highest BCUT2D eigenvalue weighted by molar-refractivity contribution is 5.92. The molecular formula is C16H21N3O2.